The highest BCUT2D eigenvalue weighted by Gasteiger charge is 2.31. The molecule has 0 bridgehead atoms. The summed E-state index contributed by atoms with van der Waals surface area (Å²) in [5, 5.41) is 8.51. The van der Waals surface area contributed by atoms with Crippen LogP contribution in [0.15, 0.2) is 60.7 Å². The van der Waals surface area contributed by atoms with E-state index in [1.54, 1.807) is 86.6 Å². The number of hydrogen-bond donors (Lipinski definition) is 3. The zero-order valence-corrected chi connectivity index (χ0v) is 32.8. The van der Waals surface area contributed by atoms with Crippen molar-refractivity contribution < 1.29 is 52.6 Å². The lowest BCUT2D eigenvalue weighted by Gasteiger charge is -2.26. The molecule has 0 fully saturated rings. The molecule has 3 N–H and O–H groups in total. The summed E-state index contributed by atoms with van der Waals surface area (Å²) in [6, 6.07) is 15.6. The van der Waals surface area contributed by atoms with Crippen LogP contribution in [0.5, 0.6) is 0 Å². The van der Waals surface area contributed by atoms with Crippen molar-refractivity contribution in [2.45, 2.75) is 124 Å². The van der Waals surface area contributed by atoms with Crippen molar-refractivity contribution in [3.05, 3.63) is 71.8 Å². The number of hydroxylamine groups is 2. The third-order valence-electron chi connectivity index (χ3n) is 6.78. The predicted octanol–water partition coefficient (Wildman–Crippen LogP) is 5.11. The molecule has 2 atom stereocenters. The van der Waals surface area contributed by atoms with E-state index in [-0.39, 0.29) is 39.0 Å². The SMILES string of the molecule is CC(C)(C)OC(=O)CNC(=O)[C@H](CCN(OCc1ccccc1)C(=O)OCc1ccccc1)NC(=O)CC[C@H](NC(=O)OC(C)(C)C)C(=O)OC(C)(C)C. The molecule has 0 radical (unpaired) electrons. The number of nitrogens with one attached hydrogen (secondary N) is 3. The van der Waals surface area contributed by atoms with E-state index in [1.807, 2.05) is 36.4 Å². The number of amides is 4. The number of rotatable bonds is 17. The highest BCUT2D eigenvalue weighted by atomic mass is 16.7. The summed E-state index contributed by atoms with van der Waals surface area (Å²) in [5.41, 5.74) is -1.04. The average Bonchev–Trinajstić information content (AvgIpc) is 3.06. The number of hydrogen-bond acceptors (Lipinski definition) is 11. The van der Waals surface area contributed by atoms with E-state index in [9.17, 15) is 28.8 Å². The minimum absolute atomic E-state index is 0.000154. The van der Waals surface area contributed by atoms with Gasteiger partial charge < -0.3 is 34.9 Å². The highest BCUT2D eigenvalue weighted by Crippen LogP contribution is 2.14. The molecule has 2 rings (SSSR count). The van der Waals surface area contributed by atoms with Gasteiger partial charge in [-0.2, -0.15) is 5.06 Å². The molecule has 0 heterocycles. The van der Waals surface area contributed by atoms with Gasteiger partial charge in [0, 0.05) is 6.42 Å². The van der Waals surface area contributed by atoms with Crippen LogP contribution in [-0.4, -0.2) is 83.0 Å². The van der Waals surface area contributed by atoms with Gasteiger partial charge in [0.15, 0.2) is 0 Å². The van der Waals surface area contributed by atoms with Gasteiger partial charge in [0.2, 0.25) is 11.8 Å². The summed E-state index contributed by atoms with van der Waals surface area (Å²) < 4.78 is 21.5. The van der Waals surface area contributed by atoms with Crippen LogP contribution in [0.3, 0.4) is 0 Å². The van der Waals surface area contributed by atoms with Gasteiger partial charge in [-0.3, -0.25) is 19.2 Å². The van der Waals surface area contributed by atoms with Crippen LogP contribution in [0.1, 0.15) is 92.7 Å². The normalized spacial score (nSPS) is 12.7. The van der Waals surface area contributed by atoms with E-state index in [2.05, 4.69) is 16.0 Å². The van der Waals surface area contributed by atoms with Gasteiger partial charge in [-0.05, 0) is 86.3 Å². The Morgan fingerprint density at radius 3 is 1.72 bits per heavy atom. The Balaban J connectivity index is 2.24. The number of carbonyl (C=O) groups is 6. The van der Waals surface area contributed by atoms with Gasteiger partial charge in [0.25, 0.3) is 0 Å². The number of ether oxygens (including phenoxy) is 4. The first-order chi connectivity index (χ1) is 25.1. The zero-order valence-electron chi connectivity index (χ0n) is 32.8. The molecule has 2 aromatic carbocycles. The van der Waals surface area contributed by atoms with Crippen molar-refractivity contribution in [3.63, 3.8) is 0 Å². The van der Waals surface area contributed by atoms with Gasteiger partial charge in [-0.1, -0.05) is 60.7 Å². The molecule has 15 heteroatoms. The Hall–Kier alpha value is -5.18. The molecular weight excluding hydrogens is 700 g/mol. The van der Waals surface area contributed by atoms with Crippen molar-refractivity contribution in [3.8, 4) is 0 Å². The first-order valence-electron chi connectivity index (χ1n) is 17.8. The maximum Gasteiger partial charge on any atom is 0.434 e. The van der Waals surface area contributed by atoms with E-state index in [0.29, 0.717) is 0 Å². The second-order valence-electron chi connectivity index (χ2n) is 15.4. The lowest BCUT2D eigenvalue weighted by molar-refractivity contribution is -0.158. The van der Waals surface area contributed by atoms with E-state index in [4.69, 9.17) is 23.8 Å². The first-order valence-corrected chi connectivity index (χ1v) is 17.8. The van der Waals surface area contributed by atoms with Crippen LogP contribution >= 0.6 is 0 Å². The minimum Gasteiger partial charge on any atom is -0.459 e. The molecule has 54 heavy (non-hydrogen) atoms. The summed E-state index contributed by atoms with van der Waals surface area (Å²) in [5.74, 6) is -2.90. The number of esters is 2. The fourth-order valence-corrected chi connectivity index (χ4v) is 4.52. The lowest BCUT2D eigenvalue weighted by Crippen LogP contribution is -2.50. The first kappa shape index (κ1) is 45.0. The second-order valence-corrected chi connectivity index (χ2v) is 15.4. The standard InChI is InChI=1S/C39H56N4O11/c1-37(2,3)52-32(45)24-40-33(46)29(41-31(44)21-20-30(34(47)53-38(4,5)6)42-35(48)54-39(7,8)9)22-23-43(51-26-28-18-14-11-15-19-28)36(49)50-25-27-16-12-10-13-17-27/h10-19,29-30H,20-26H2,1-9H3,(H,40,46)(H,41,44)(H,42,48)/t29-,30-/m0/s1. The second kappa shape index (κ2) is 20.9. The monoisotopic (exact) mass is 756 g/mol. The van der Waals surface area contributed by atoms with Crippen molar-refractivity contribution in [1.82, 2.24) is 21.0 Å². The van der Waals surface area contributed by atoms with E-state index >= 15 is 0 Å². The molecule has 0 saturated heterocycles. The number of nitrogens with zero attached hydrogens (tertiary/aromatic N) is 1. The smallest absolute Gasteiger partial charge is 0.434 e. The third-order valence-corrected chi connectivity index (χ3v) is 6.78. The van der Waals surface area contributed by atoms with Crippen LogP contribution in [-0.2, 0) is 56.2 Å². The predicted molar refractivity (Wildman–Crippen MR) is 198 cm³/mol. The van der Waals surface area contributed by atoms with Crippen LogP contribution in [0, 0.1) is 0 Å². The Labute approximate surface area is 317 Å². The molecule has 0 saturated carbocycles. The zero-order chi connectivity index (χ0) is 40.5. The highest BCUT2D eigenvalue weighted by molar-refractivity contribution is 5.90. The molecule has 298 valence electrons. The largest absolute Gasteiger partial charge is 0.459 e. The topological polar surface area (TPSA) is 188 Å². The molecule has 0 unspecified atom stereocenters. The molecule has 0 aliphatic rings. The Morgan fingerprint density at radius 1 is 0.648 bits per heavy atom. The van der Waals surface area contributed by atoms with Crippen molar-refractivity contribution in [2.24, 2.45) is 0 Å². The van der Waals surface area contributed by atoms with Crippen molar-refractivity contribution in [2.75, 3.05) is 13.1 Å². The number of benzene rings is 2. The average molecular weight is 757 g/mol. The van der Waals surface area contributed by atoms with Crippen molar-refractivity contribution >= 4 is 35.9 Å². The fraction of sp³-hybridized carbons (Fsp3) is 0.538. The molecule has 2 aromatic rings. The Kier molecular flexibility index (Phi) is 17.4. The van der Waals surface area contributed by atoms with Gasteiger partial charge in [0.1, 0.15) is 48.6 Å². The third kappa shape index (κ3) is 19.6. The maximum absolute atomic E-state index is 13.4. The molecule has 0 spiro atoms. The van der Waals surface area contributed by atoms with Gasteiger partial charge >= 0.3 is 24.1 Å². The maximum atomic E-state index is 13.4. The summed E-state index contributed by atoms with van der Waals surface area (Å²) in [6.45, 7) is 14.2. The summed E-state index contributed by atoms with van der Waals surface area (Å²) in [6.07, 6.45) is -2.42. The van der Waals surface area contributed by atoms with E-state index in [0.717, 1.165) is 16.2 Å². The van der Waals surface area contributed by atoms with Crippen LogP contribution in [0.25, 0.3) is 0 Å². The van der Waals surface area contributed by atoms with Gasteiger partial charge in [-0.25, -0.2) is 14.4 Å². The van der Waals surface area contributed by atoms with Crippen LogP contribution < -0.4 is 16.0 Å². The van der Waals surface area contributed by atoms with E-state index in [1.165, 1.54) is 0 Å². The quantitative estimate of drug-likeness (QED) is 0.111. The van der Waals surface area contributed by atoms with Gasteiger partial charge in [0.05, 0.1) is 6.54 Å². The molecule has 0 aromatic heterocycles. The van der Waals surface area contributed by atoms with Gasteiger partial charge in [-0.15, -0.1) is 0 Å². The summed E-state index contributed by atoms with van der Waals surface area (Å²) in [4.78, 5) is 83.8. The lowest BCUT2D eigenvalue weighted by atomic mass is 10.1. The molecule has 15 nitrogen and oxygen atoms in total. The van der Waals surface area contributed by atoms with Crippen molar-refractivity contribution in [1.29, 1.82) is 0 Å². The fourth-order valence-electron chi connectivity index (χ4n) is 4.52. The molecule has 0 aliphatic carbocycles. The van der Waals surface area contributed by atoms with Crippen LogP contribution in [0.4, 0.5) is 9.59 Å². The number of carbonyl (C=O) groups excluding carboxylic acids is 6. The van der Waals surface area contributed by atoms with Crippen LogP contribution in [0.2, 0.25) is 0 Å². The minimum atomic E-state index is -1.29. The summed E-state index contributed by atoms with van der Waals surface area (Å²) in [7, 11) is 0. The molecule has 4 amide bonds. The van der Waals surface area contributed by atoms with E-state index < -0.39 is 71.4 Å². The summed E-state index contributed by atoms with van der Waals surface area (Å²) >= 11 is 0. The Morgan fingerprint density at radius 2 is 1.19 bits per heavy atom. The Bertz CT molecular complexity index is 1530. The molecule has 0 aliphatic heterocycles. The molecular formula is C39H56N4O11. The number of alkyl carbamates (subject to hydrolysis) is 1.